The number of hydrogen-bond acceptors (Lipinski definition) is 8. The molecule has 0 aliphatic carbocycles. The summed E-state index contributed by atoms with van der Waals surface area (Å²) in [7, 11) is 0. The molecule has 6 rings (SSSR count). The maximum atomic E-state index is 13.3. The summed E-state index contributed by atoms with van der Waals surface area (Å²) in [5.74, 6) is -0.706. The molecule has 1 aromatic heterocycles. The molecule has 0 bridgehead atoms. The minimum Gasteiger partial charge on any atom is -0.377 e. The zero-order valence-electron chi connectivity index (χ0n) is 29.0. The smallest absolute Gasteiger partial charge is 0.317 e. The van der Waals surface area contributed by atoms with Crippen LogP contribution in [-0.2, 0) is 36.9 Å². The van der Waals surface area contributed by atoms with Gasteiger partial charge in [-0.25, -0.2) is 9.48 Å². The van der Waals surface area contributed by atoms with E-state index < -0.39 is 5.91 Å². The number of nitrogens with zero attached hydrogens (tertiary/aromatic N) is 5. The highest BCUT2D eigenvalue weighted by Crippen LogP contribution is 2.41. The lowest BCUT2D eigenvalue weighted by molar-refractivity contribution is -0.123. The van der Waals surface area contributed by atoms with Crippen LogP contribution in [-0.4, -0.2) is 90.5 Å². The molecule has 1 unspecified atom stereocenters. The Morgan fingerprint density at radius 1 is 0.846 bits per heavy atom. The number of para-hydroxylation sites is 1. The van der Waals surface area contributed by atoms with Crippen LogP contribution < -0.4 is 16.0 Å². The summed E-state index contributed by atoms with van der Waals surface area (Å²) in [4.78, 5) is 41.1. The Morgan fingerprint density at radius 3 is 2.33 bits per heavy atom. The summed E-state index contributed by atoms with van der Waals surface area (Å²) in [5, 5.41) is 12.7. The lowest BCUT2D eigenvalue weighted by Gasteiger charge is -2.28. The van der Waals surface area contributed by atoms with Crippen LogP contribution in [0, 0.1) is 0 Å². The van der Waals surface area contributed by atoms with E-state index in [1.807, 2.05) is 82.4 Å². The lowest BCUT2D eigenvalue weighted by Crippen LogP contribution is -2.40. The largest absolute Gasteiger partial charge is 0.377 e. The number of rotatable bonds is 16. The summed E-state index contributed by atoms with van der Waals surface area (Å²) in [6.45, 7) is 4.29. The minimum absolute atomic E-state index is 0.0120. The monoisotopic (exact) mass is 729 g/mol. The highest BCUT2D eigenvalue weighted by molar-refractivity contribution is 6.31. The number of urea groups is 1. The molecular weight excluding hydrogens is 686 g/mol. The summed E-state index contributed by atoms with van der Waals surface area (Å²) >= 11 is 6.38. The van der Waals surface area contributed by atoms with Gasteiger partial charge in [0, 0.05) is 42.1 Å². The van der Waals surface area contributed by atoms with Crippen molar-refractivity contribution in [2.75, 3.05) is 57.6 Å². The van der Waals surface area contributed by atoms with Crippen LogP contribution in [0.1, 0.15) is 42.9 Å². The van der Waals surface area contributed by atoms with Crippen molar-refractivity contribution in [2.24, 2.45) is 5.73 Å². The van der Waals surface area contributed by atoms with Crippen LogP contribution in [0.2, 0.25) is 5.02 Å². The summed E-state index contributed by atoms with van der Waals surface area (Å²) in [6.07, 6.45) is 1.84. The normalized spacial score (nSPS) is 15.0. The second-order valence-corrected chi connectivity index (χ2v) is 13.0. The third-order valence-electron chi connectivity index (χ3n) is 9.16. The standard InChI is InChI=1S/C38H44ClN7O6/c39-31-12-5-3-10-29(31)32-14-7-18-44(32)38(49)41-17-20-50-22-24-52-25-23-51-21-19-46-37-28-9-2-1-8-27(28)26-45(35(48)16-15-34(40)47)33-13-6-4-11-30(33)36(37)42-43-46/h1-6,8-13,32H,7,14-26H2,(H2,40,47)(H,41,49). The van der Waals surface area contributed by atoms with E-state index in [0.717, 1.165) is 40.8 Å². The van der Waals surface area contributed by atoms with E-state index in [1.165, 1.54) is 0 Å². The number of benzene rings is 3. The fourth-order valence-corrected chi connectivity index (χ4v) is 6.92. The first-order valence-corrected chi connectivity index (χ1v) is 18.0. The van der Waals surface area contributed by atoms with E-state index in [1.54, 1.807) is 4.90 Å². The van der Waals surface area contributed by atoms with Gasteiger partial charge in [-0.15, -0.1) is 5.10 Å². The quantitative estimate of drug-likeness (QED) is 0.153. The first-order chi connectivity index (χ1) is 25.4. The molecule has 274 valence electrons. The Kier molecular flexibility index (Phi) is 12.9. The molecule has 3 N–H and O–H groups in total. The number of nitrogens with one attached hydrogen (secondary N) is 1. The second kappa shape index (κ2) is 18.1. The Labute approximate surface area is 307 Å². The average Bonchev–Trinajstić information content (AvgIpc) is 3.81. The van der Waals surface area contributed by atoms with E-state index in [-0.39, 0.29) is 30.8 Å². The molecular formula is C38H44ClN7O6. The first-order valence-electron chi connectivity index (χ1n) is 17.6. The maximum Gasteiger partial charge on any atom is 0.317 e. The Hall–Kier alpha value is -4.82. The lowest BCUT2D eigenvalue weighted by atomic mass is 9.95. The predicted octanol–water partition coefficient (Wildman–Crippen LogP) is 4.97. The Morgan fingerprint density at radius 2 is 1.54 bits per heavy atom. The van der Waals surface area contributed by atoms with Gasteiger partial charge in [0.2, 0.25) is 11.8 Å². The molecule has 1 fully saturated rings. The van der Waals surface area contributed by atoms with Crippen molar-refractivity contribution in [1.29, 1.82) is 0 Å². The fraction of sp³-hybridized carbons (Fsp3) is 0.395. The maximum absolute atomic E-state index is 13.3. The highest BCUT2D eigenvalue weighted by Gasteiger charge is 2.31. The van der Waals surface area contributed by atoms with Crippen LogP contribution in [0.25, 0.3) is 22.5 Å². The first kappa shape index (κ1) is 37.0. The number of likely N-dealkylation sites (tertiary alicyclic amines) is 1. The third-order valence-corrected chi connectivity index (χ3v) is 9.51. The van der Waals surface area contributed by atoms with Crippen LogP contribution in [0.15, 0.2) is 72.8 Å². The zero-order valence-corrected chi connectivity index (χ0v) is 29.8. The van der Waals surface area contributed by atoms with Gasteiger partial charge in [-0.05, 0) is 36.1 Å². The van der Waals surface area contributed by atoms with E-state index in [9.17, 15) is 14.4 Å². The van der Waals surface area contributed by atoms with Gasteiger partial charge in [0.1, 0.15) is 5.69 Å². The molecule has 2 aliphatic heterocycles. The number of amides is 4. The molecule has 52 heavy (non-hydrogen) atoms. The SMILES string of the molecule is NC(=O)CCC(=O)N1Cc2ccccc2-c2c(nnn2CCOCCOCCOCCNC(=O)N2CCCC2c2ccccc2Cl)-c2ccccc21. The van der Waals surface area contributed by atoms with E-state index >= 15 is 0 Å². The molecule has 0 radical (unpaired) electrons. The van der Waals surface area contributed by atoms with Gasteiger partial charge in [0.05, 0.1) is 70.2 Å². The number of carbonyl (C=O) groups is 3. The topological polar surface area (TPSA) is 154 Å². The second-order valence-electron chi connectivity index (χ2n) is 12.6. The molecule has 4 amide bonds. The van der Waals surface area contributed by atoms with Gasteiger partial charge in [0.25, 0.3) is 0 Å². The highest BCUT2D eigenvalue weighted by atomic mass is 35.5. The number of halogens is 1. The number of carbonyl (C=O) groups excluding carboxylic acids is 3. The number of nitrogens with two attached hydrogens (primary N) is 1. The van der Waals surface area contributed by atoms with Gasteiger partial charge < -0.3 is 35.1 Å². The predicted molar refractivity (Wildman–Crippen MR) is 197 cm³/mol. The summed E-state index contributed by atoms with van der Waals surface area (Å²) < 4.78 is 19.0. The molecule has 2 aliphatic rings. The van der Waals surface area contributed by atoms with Crippen molar-refractivity contribution in [2.45, 2.75) is 44.8 Å². The van der Waals surface area contributed by atoms with Crippen molar-refractivity contribution >= 4 is 35.1 Å². The molecule has 14 heteroatoms. The Balaban J connectivity index is 0.928. The van der Waals surface area contributed by atoms with Crippen molar-refractivity contribution in [3.63, 3.8) is 0 Å². The molecule has 3 aromatic carbocycles. The summed E-state index contributed by atoms with van der Waals surface area (Å²) in [5.41, 5.74) is 11.2. The van der Waals surface area contributed by atoms with E-state index in [0.29, 0.717) is 82.2 Å². The number of anilines is 1. The molecule has 0 spiro atoms. The number of fused-ring (bicyclic) bond motifs is 5. The van der Waals surface area contributed by atoms with Crippen LogP contribution >= 0.6 is 11.6 Å². The van der Waals surface area contributed by atoms with Gasteiger partial charge in [-0.2, -0.15) is 0 Å². The fourth-order valence-electron chi connectivity index (χ4n) is 6.66. The van der Waals surface area contributed by atoms with Gasteiger partial charge in [-0.1, -0.05) is 77.5 Å². The molecule has 3 heterocycles. The van der Waals surface area contributed by atoms with Crippen LogP contribution in [0.4, 0.5) is 10.5 Å². The molecule has 1 saturated heterocycles. The Bertz CT molecular complexity index is 1850. The van der Waals surface area contributed by atoms with Crippen molar-refractivity contribution < 1.29 is 28.6 Å². The van der Waals surface area contributed by atoms with Crippen LogP contribution in [0.5, 0.6) is 0 Å². The molecule has 13 nitrogen and oxygen atoms in total. The molecule has 0 saturated carbocycles. The van der Waals surface area contributed by atoms with Crippen molar-refractivity contribution in [1.82, 2.24) is 25.2 Å². The van der Waals surface area contributed by atoms with Crippen molar-refractivity contribution in [3.8, 4) is 22.5 Å². The third kappa shape index (κ3) is 8.96. The summed E-state index contributed by atoms with van der Waals surface area (Å²) in [6, 6.07) is 23.0. The average molecular weight is 730 g/mol. The molecule has 4 aromatic rings. The zero-order chi connectivity index (χ0) is 36.3. The van der Waals surface area contributed by atoms with Gasteiger partial charge in [-0.3, -0.25) is 9.59 Å². The minimum atomic E-state index is -0.515. The van der Waals surface area contributed by atoms with Gasteiger partial charge in [0.15, 0.2) is 0 Å². The number of ether oxygens (including phenoxy) is 3. The van der Waals surface area contributed by atoms with Crippen molar-refractivity contribution in [3.05, 3.63) is 88.9 Å². The van der Waals surface area contributed by atoms with Crippen LogP contribution in [0.3, 0.4) is 0 Å². The van der Waals surface area contributed by atoms with E-state index in [2.05, 4.69) is 15.6 Å². The molecule has 1 atom stereocenters. The van der Waals surface area contributed by atoms with E-state index in [4.69, 9.17) is 31.5 Å². The number of aromatic nitrogens is 3. The van der Waals surface area contributed by atoms with Gasteiger partial charge >= 0.3 is 6.03 Å². The number of primary amides is 1. The number of hydrogen-bond donors (Lipinski definition) is 2.